The minimum atomic E-state index is -2.87. The van der Waals surface area contributed by atoms with Crippen molar-refractivity contribution < 1.29 is 8.42 Å². The van der Waals surface area contributed by atoms with E-state index in [1.807, 2.05) is 37.3 Å². The molecule has 1 heterocycles. The second kappa shape index (κ2) is 4.01. The van der Waals surface area contributed by atoms with Gasteiger partial charge in [-0.15, -0.1) is 0 Å². The van der Waals surface area contributed by atoms with Gasteiger partial charge in [0.05, 0.1) is 17.0 Å². The number of hydrogen-bond acceptors (Lipinski definition) is 3. The Labute approximate surface area is 96.1 Å². The van der Waals surface area contributed by atoms with Crippen molar-refractivity contribution in [3.05, 3.63) is 35.9 Å². The van der Waals surface area contributed by atoms with Gasteiger partial charge in [-0.25, -0.2) is 8.42 Å². The average molecular weight is 237 g/mol. The predicted molar refractivity (Wildman–Crippen MR) is 65.7 cm³/mol. The van der Waals surface area contributed by atoms with Gasteiger partial charge in [0.25, 0.3) is 0 Å². The van der Waals surface area contributed by atoms with Gasteiger partial charge < -0.3 is 0 Å². The number of hydrogen-bond donors (Lipinski definition) is 0. The van der Waals surface area contributed by atoms with Crippen molar-refractivity contribution in [3.8, 4) is 0 Å². The topological polar surface area (TPSA) is 46.5 Å². The van der Waals surface area contributed by atoms with Crippen LogP contribution in [0.3, 0.4) is 0 Å². The highest BCUT2D eigenvalue weighted by Crippen LogP contribution is 2.26. The molecule has 0 N–H and O–H groups in total. The van der Waals surface area contributed by atoms with Crippen molar-refractivity contribution in [2.75, 3.05) is 11.5 Å². The third-order valence-electron chi connectivity index (χ3n) is 2.81. The summed E-state index contributed by atoms with van der Waals surface area (Å²) in [5.74, 6) is 0.430. The summed E-state index contributed by atoms with van der Waals surface area (Å²) in [6.07, 6.45) is 2.39. The first-order valence-electron chi connectivity index (χ1n) is 5.30. The highest BCUT2D eigenvalue weighted by Gasteiger charge is 2.37. The van der Waals surface area contributed by atoms with Crippen molar-refractivity contribution in [3.63, 3.8) is 0 Å². The van der Waals surface area contributed by atoms with Crippen LogP contribution in [-0.2, 0) is 9.84 Å². The van der Waals surface area contributed by atoms with E-state index >= 15 is 0 Å². The molecule has 1 saturated heterocycles. The minimum Gasteiger partial charge on any atom is -0.285 e. The zero-order chi connectivity index (χ0) is 11.6. The second-order valence-corrected chi connectivity index (χ2v) is 6.69. The zero-order valence-electron chi connectivity index (χ0n) is 9.26. The Balaban J connectivity index is 2.14. The summed E-state index contributed by atoms with van der Waals surface area (Å²) in [4.78, 5) is 4.42. The monoisotopic (exact) mass is 237 g/mol. The molecule has 1 aliphatic heterocycles. The Bertz CT molecular complexity index is 493. The molecular formula is C12H15NO2S. The minimum absolute atomic E-state index is 0.170. The van der Waals surface area contributed by atoms with Crippen LogP contribution in [0, 0.1) is 0 Å². The van der Waals surface area contributed by atoms with E-state index in [1.165, 1.54) is 0 Å². The Kier molecular flexibility index (Phi) is 2.84. The van der Waals surface area contributed by atoms with Crippen LogP contribution in [0.2, 0.25) is 0 Å². The van der Waals surface area contributed by atoms with E-state index in [4.69, 9.17) is 0 Å². The number of aliphatic imine (C=N–C) groups is 1. The molecule has 2 rings (SSSR count). The van der Waals surface area contributed by atoms with Gasteiger partial charge >= 0.3 is 0 Å². The normalized spacial score (nSPS) is 28.6. The van der Waals surface area contributed by atoms with Gasteiger partial charge in [0, 0.05) is 6.21 Å². The molecule has 0 amide bonds. The average Bonchev–Trinajstić information content (AvgIpc) is 2.53. The largest absolute Gasteiger partial charge is 0.285 e. The molecule has 1 atom stereocenters. The molecule has 0 bridgehead atoms. The number of sulfone groups is 1. The van der Waals surface area contributed by atoms with Crippen molar-refractivity contribution in [1.82, 2.24) is 0 Å². The molecule has 0 radical (unpaired) electrons. The van der Waals surface area contributed by atoms with Gasteiger partial charge in [-0.1, -0.05) is 30.3 Å². The smallest absolute Gasteiger partial charge is 0.152 e. The molecule has 1 aromatic rings. The molecule has 0 aromatic heterocycles. The molecule has 0 saturated carbocycles. The highest BCUT2D eigenvalue weighted by atomic mass is 32.2. The molecule has 1 unspecified atom stereocenters. The van der Waals surface area contributed by atoms with Crippen LogP contribution in [0.15, 0.2) is 35.3 Å². The van der Waals surface area contributed by atoms with E-state index < -0.39 is 15.4 Å². The molecule has 86 valence electrons. The molecule has 1 aromatic carbocycles. The second-order valence-electron chi connectivity index (χ2n) is 4.51. The van der Waals surface area contributed by atoms with Crippen LogP contribution >= 0.6 is 0 Å². The van der Waals surface area contributed by atoms with Gasteiger partial charge in [-0.3, -0.25) is 4.99 Å². The Morgan fingerprint density at radius 1 is 1.31 bits per heavy atom. The molecular weight excluding hydrogens is 222 g/mol. The first kappa shape index (κ1) is 11.3. The maximum atomic E-state index is 11.4. The third kappa shape index (κ3) is 2.70. The highest BCUT2D eigenvalue weighted by molar-refractivity contribution is 7.91. The van der Waals surface area contributed by atoms with E-state index in [0.717, 1.165) is 5.56 Å². The lowest BCUT2D eigenvalue weighted by Gasteiger charge is -2.15. The summed E-state index contributed by atoms with van der Waals surface area (Å²) in [7, 11) is -2.87. The van der Waals surface area contributed by atoms with Crippen LogP contribution in [0.5, 0.6) is 0 Å². The summed E-state index contributed by atoms with van der Waals surface area (Å²) in [5, 5.41) is 0. The molecule has 16 heavy (non-hydrogen) atoms. The van der Waals surface area contributed by atoms with E-state index in [-0.39, 0.29) is 11.5 Å². The van der Waals surface area contributed by atoms with Gasteiger partial charge in [0.2, 0.25) is 0 Å². The fraction of sp³-hybridized carbons (Fsp3) is 0.417. The van der Waals surface area contributed by atoms with E-state index in [1.54, 1.807) is 6.21 Å². The predicted octanol–water partition coefficient (Wildman–Crippen LogP) is 1.68. The Hall–Kier alpha value is -1.16. The van der Waals surface area contributed by atoms with Crippen LogP contribution in [0.25, 0.3) is 0 Å². The van der Waals surface area contributed by atoms with Crippen LogP contribution in [-0.4, -0.2) is 31.7 Å². The van der Waals surface area contributed by atoms with Crippen molar-refractivity contribution in [1.29, 1.82) is 0 Å². The van der Waals surface area contributed by atoms with E-state index in [0.29, 0.717) is 6.42 Å². The fourth-order valence-corrected chi connectivity index (χ4v) is 3.93. The number of benzene rings is 1. The molecule has 0 spiro atoms. The molecule has 1 fully saturated rings. The lowest BCUT2D eigenvalue weighted by molar-refractivity contribution is 0.536. The first-order chi connectivity index (χ1) is 7.49. The maximum Gasteiger partial charge on any atom is 0.152 e. The first-order valence-corrected chi connectivity index (χ1v) is 7.12. The molecule has 4 heteroatoms. The Morgan fingerprint density at radius 3 is 2.56 bits per heavy atom. The van der Waals surface area contributed by atoms with Crippen molar-refractivity contribution >= 4 is 16.1 Å². The maximum absolute atomic E-state index is 11.4. The lowest BCUT2D eigenvalue weighted by Crippen LogP contribution is -2.23. The third-order valence-corrected chi connectivity index (χ3v) is 4.70. The van der Waals surface area contributed by atoms with Gasteiger partial charge in [-0.05, 0) is 18.9 Å². The van der Waals surface area contributed by atoms with Crippen LogP contribution in [0.4, 0.5) is 0 Å². The molecule has 0 aliphatic carbocycles. The summed E-state index contributed by atoms with van der Waals surface area (Å²) in [6, 6.07) is 9.73. The van der Waals surface area contributed by atoms with E-state index in [9.17, 15) is 8.42 Å². The lowest BCUT2D eigenvalue weighted by atomic mass is 10.0. The molecule has 1 aliphatic rings. The molecule has 3 nitrogen and oxygen atoms in total. The van der Waals surface area contributed by atoms with Crippen LogP contribution in [0.1, 0.15) is 18.9 Å². The Morgan fingerprint density at radius 2 is 2.00 bits per heavy atom. The SMILES string of the molecule is CC1(N=Cc2ccccc2)CCS(=O)(=O)C1. The fourth-order valence-electron chi connectivity index (χ4n) is 1.86. The summed E-state index contributed by atoms with van der Waals surface area (Å²) in [5.41, 5.74) is 0.572. The number of nitrogens with zero attached hydrogens (tertiary/aromatic N) is 1. The van der Waals surface area contributed by atoms with E-state index in [2.05, 4.69) is 4.99 Å². The van der Waals surface area contributed by atoms with Gasteiger partial charge in [0.15, 0.2) is 9.84 Å². The summed E-state index contributed by atoms with van der Waals surface area (Å²) in [6.45, 7) is 1.90. The van der Waals surface area contributed by atoms with Crippen molar-refractivity contribution in [2.24, 2.45) is 4.99 Å². The van der Waals surface area contributed by atoms with Crippen molar-refractivity contribution in [2.45, 2.75) is 18.9 Å². The number of rotatable bonds is 2. The summed E-state index contributed by atoms with van der Waals surface area (Å²) >= 11 is 0. The zero-order valence-corrected chi connectivity index (χ0v) is 10.1. The van der Waals surface area contributed by atoms with Gasteiger partial charge in [0.1, 0.15) is 0 Å². The van der Waals surface area contributed by atoms with Crippen LogP contribution < -0.4 is 0 Å². The summed E-state index contributed by atoms with van der Waals surface area (Å²) < 4.78 is 22.8. The quantitative estimate of drug-likeness (QED) is 0.735. The standard InChI is InChI=1S/C12H15NO2S/c1-12(7-8-16(14,15)10-12)13-9-11-5-3-2-4-6-11/h2-6,9H,7-8,10H2,1H3. The van der Waals surface area contributed by atoms with Gasteiger partial charge in [-0.2, -0.15) is 0 Å².